The molecule has 2 aromatic rings. The van der Waals surface area contributed by atoms with Crippen molar-refractivity contribution in [2.45, 2.75) is 12.8 Å². The number of ether oxygens (including phenoxy) is 2. The zero-order valence-electron chi connectivity index (χ0n) is 14.1. The van der Waals surface area contributed by atoms with Gasteiger partial charge in [0.05, 0.1) is 12.5 Å². The molecule has 10 nitrogen and oxygen atoms in total. The van der Waals surface area contributed by atoms with E-state index in [4.69, 9.17) is 13.9 Å². The van der Waals surface area contributed by atoms with Gasteiger partial charge in [-0.25, -0.2) is 5.01 Å². The smallest absolute Gasteiger partial charge is 0.433 e. The van der Waals surface area contributed by atoms with Crippen molar-refractivity contribution in [2.24, 2.45) is 0 Å². The van der Waals surface area contributed by atoms with Crippen LogP contribution in [0, 0.1) is 10.1 Å². The summed E-state index contributed by atoms with van der Waals surface area (Å²) >= 11 is 0. The van der Waals surface area contributed by atoms with E-state index in [-0.39, 0.29) is 24.9 Å². The highest BCUT2D eigenvalue weighted by molar-refractivity contribution is 5.93. The second-order valence-electron chi connectivity index (χ2n) is 6.06. The number of nitro groups is 1. The van der Waals surface area contributed by atoms with Crippen LogP contribution < -0.4 is 9.47 Å². The van der Waals surface area contributed by atoms with Gasteiger partial charge in [0.25, 0.3) is 0 Å². The van der Waals surface area contributed by atoms with Crippen molar-refractivity contribution in [3.63, 3.8) is 0 Å². The normalized spacial score (nSPS) is 15.3. The highest BCUT2D eigenvalue weighted by Gasteiger charge is 2.33. The highest BCUT2D eigenvalue weighted by atomic mass is 16.7. The number of carbonyl (C=O) groups excluding carboxylic acids is 2. The number of carbonyl (C=O) groups is 2. The Morgan fingerprint density at radius 3 is 2.63 bits per heavy atom. The Balaban J connectivity index is 1.47. The van der Waals surface area contributed by atoms with E-state index in [1.165, 1.54) is 16.1 Å². The first-order valence-corrected chi connectivity index (χ1v) is 8.28. The molecule has 0 radical (unpaired) electrons. The van der Waals surface area contributed by atoms with E-state index in [1.807, 2.05) is 0 Å². The summed E-state index contributed by atoms with van der Waals surface area (Å²) in [6.07, 6.45) is 0.695. The second kappa shape index (κ2) is 6.63. The molecule has 0 unspecified atom stereocenters. The van der Waals surface area contributed by atoms with Crippen molar-refractivity contribution in [1.82, 2.24) is 10.0 Å². The van der Waals surface area contributed by atoms with Gasteiger partial charge in [0.2, 0.25) is 18.5 Å². The summed E-state index contributed by atoms with van der Waals surface area (Å²) in [5.74, 6) is -0.332. The summed E-state index contributed by atoms with van der Waals surface area (Å²) in [5.41, 5.74) is 0.734. The number of hydrogen-bond acceptors (Lipinski definition) is 7. The van der Waals surface area contributed by atoms with Crippen LogP contribution in [0.4, 0.5) is 5.88 Å². The Hall–Kier alpha value is -3.56. The van der Waals surface area contributed by atoms with Crippen LogP contribution in [0.5, 0.6) is 11.5 Å². The topological polar surface area (TPSA) is 115 Å². The predicted molar refractivity (Wildman–Crippen MR) is 89.0 cm³/mol. The Morgan fingerprint density at radius 1 is 1.07 bits per heavy atom. The minimum Gasteiger partial charge on any atom is -0.454 e. The van der Waals surface area contributed by atoms with Gasteiger partial charge >= 0.3 is 11.8 Å². The average Bonchev–Trinajstić information content (AvgIpc) is 3.39. The molecule has 2 aliphatic heterocycles. The number of hydrogen-bond donors (Lipinski definition) is 0. The van der Waals surface area contributed by atoms with Crippen LogP contribution in [0.15, 0.2) is 34.7 Å². The molecule has 0 aliphatic carbocycles. The van der Waals surface area contributed by atoms with Gasteiger partial charge in [0.15, 0.2) is 11.5 Å². The summed E-state index contributed by atoms with van der Waals surface area (Å²) in [6, 6.07) is 7.59. The number of amides is 2. The third-order valence-electron chi connectivity index (χ3n) is 4.33. The summed E-state index contributed by atoms with van der Waals surface area (Å²) < 4.78 is 15.5. The molecule has 2 amide bonds. The molecule has 4 rings (SSSR count). The molecule has 1 saturated heterocycles. The zero-order chi connectivity index (χ0) is 19.0. The largest absolute Gasteiger partial charge is 0.454 e. The molecule has 10 heteroatoms. The molecular weight excluding hydrogens is 358 g/mol. The Morgan fingerprint density at radius 2 is 1.85 bits per heavy atom. The first-order valence-electron chi connectivity index (χ1n) is 8.28. The molecule has 2 aliphatic rings. The summed E-state index contributed by atoms with van der Waals surface area (Å²) in [5, 5.41) is 13.3. The van der Waals surface area contributed by atoms with Crippen molar-refractivity contribution >= 4 is 17.7 Å². The lowest BCUT2D eigenvalue weighted by atomic mass is 10.1. The quantitative estimate of drug-likeness (QED) is 0.592. The van der Waals surface area contributed by atoms with Crippen molar-refractivity contribution in [3.05, 3.63) is 51.8 Å². The number of hydrazine groups is 1. The minimum absolute atomic E-state index is 0.0821. The Labute approximate surface area is 153 Å². The Kier molecular flexibility index (Phi) is 4.15. The second-order valence-corrected chi connectivity index (χ2v) is 6.06. The molecule has 0 bridgehead atoms. The van der Waals surface area contributed by atoms with Crippen LogP contribution in [0.1, 0.15) is 22.5 Å². The van der Waals surface area contributed by atoms with Crippen LogP contribution in [-0.2, 0) is 11.2 Å². The molecule has 0 spiro atoms. The van der Waals surface area contributed by atoms with Crippen molar-refractivity contribution in [3.8, 4) is 11.5 Å². The lowest BCUT2D eigenvalue weighted by molar-refractivity contribution is -0.402. The molecule has 1 aromatic heterocycles. The highest BCUT2D eigenvalue weighted by Crippen LogP contribution is 2.33. The van der Waals surface area contributed by atoms with Crippen LogP contribution in [0.3, 0.4) is 0 Å². The molecular formula is C17H15N3O7. The fraction of sp³-hybridized carbons (Fsp3) is 0.294. The van der Waals surface area contributed by atoms with Crippen LogP contribution >= 0.6 is 0 Å². The lowest BCUT2D eigenvalue weighted by Crippen LogP contribution is -2.45. The first kappa shape index (κ1) is 16.9. The number of benzene rings is 1. The summed E-state index contributed by atoms with van der Waals surface area (Å²) in [7, 11) is 0. The van der Waals surface area contributed by atoms with E-state index in [0.717, 1.165) is 11.6 Å². The average molecular weight is 373 g/mol. The van der Waals surface area contributed by atoms with Crippen LogP contribution in [-0.4, -0.2) is 46.6 Å². The molecule has 1 fully saturated rings. The monoisotopic (exact) mass is 373 g/mol. The van der Waals surface area contributed by atoms with E-state index < -0.39 is 16.7 Å². The summed E-state index contributed by atoms with van der Waals surface area (Å²) in [4.78, 5) is 35.3. The number of rotatable bonds is 4. The SMILES string of the molecule is O=C(Cc1ccc2c(c1)OCO2)N1CCCN1C(=O)c1ccc([N+](=O)[O-])o1. The van der Waals surface area contributed by atoms with Crippen LogP contribution in [0.2, 0.25) is 0 Å². The molecule has 0 saturated carbocycles. The van der Waals surface area contributed by atoms with Gasteiger partial charge in [-0.1, -0.05) is 6.07 Å². The number of nitrogens with zero attached hydrogens (tertiary/aromatic N) is 3. The molecule has 1 aromatic carbocycles. The fourth-order valence-corrected chi connectivity index (χ4v) is 3.07. The van der Waals surface area contributed by atoms with Gasteiger partial charge < -0.3 is 13.9 Å². The molecule has 3 heterocycles. The number of fused-ring (bicyclic) bond motifs is 1. The van der Waals surface area contributed by atoms with Gasteiger partial charge in [0.1, 0.15) is 4.92 Å². The molecule has 0 atom stereocenters. The number of furan rings is 1. The van der Waals surface area contributed by atoms with Gasteiger partial charge in [-0.15, -0.1) is 0 Å². The standard InChI is InChI=1S/C17H15N3O7/c21-15(9-11-2-3-12-14(8-11)26-10-25-12)18-6-1-7-19(18)17(22)13-4-5-16(27-13)20(23)24/h2-5,8H,1,6-7,9-10H2. The van der Waals surface area contributed by atoms with Crippen molar-refractivity contribution in [1.29, 1.82) is 0 Å². The van der Waals surface area contributed by atoms with Crippen LogP contribution in [0.25, 0.3) is 0 Å². The maximum absolute atomic E-state index is 12.7. The lowest BCUT2D eigenvalue weighted by Gasteiger charge is -2.27. The van der Waals surface area contributed by atoms with Gasteiger partial charge in [-0.3, -0.25) is 24.7 Å². The molecule has 0 N–H and O–H groups in total. The van der Waals surface area contributed by atoms with E-state index >= 15 is 0 Å². The first-order chi connectivity index (χ1) is 13.0. The summed E-state index contributed by atoms with van der Waals surface area (Å²) in [6.45, 7) is 0.870. The molecule has 140 valence electrons. The fourth-order valence-electron chi connectivity index (χ4n) is 3.07. The maximum Gasteiger partial charge on any atom is 0.433 e. The van der Waals surface area contributed by atoms with Gasteiger partial charge in [0, 0.05) is 13.1 Å². The van der Waals surface area contributed by atoms with E-state index in [1.54, 1.807) is 18.2 Å². The van der Waals surface area contributed by atoms with E-state index in [9.17, 15) is 19.7 Å². The van der Waals surface area contributed by atoms with Gasteiger partial charge in [-0.05, 0) is 30.2 Å². The van der Waals surface area contributed by atoms with E-state index in [2.05, 4.69) is 0 Å². The zero-order valence-corrected chi connectivity index (χ0v) is 14.1. The van der Waals surface area contributed by atoms with Crippen molar-refractivity contribution < 1.29 is 28.4 Å². The third kappa shape index (κ3) is 3.16. The third-order valence-corrected chi connectivity index (χ3v) is 4.33. The maximum atomic E-state index is 12.7. The molecule has 27 heavy (non-hydrogen) atoms. The predicted octanol–water partition coefficient (Wildman–Crippen LogP) is 1.75. The van der Waals surface area contributed by atoms with Gasteiger partial charge in [-0.2, -0.15) is 0 Å². The minimum atomic E-state index is -0.719. The Bertz CT molecular complexity index is 923. The van der Waals surface area contributed by atoms with E-state index in [0.29, 0.717) is 31.0 Å². The van der Waals surface area contributed by atoms with Crippen molar-refractivity contribution in [2.75, 3.05) is 19.9 Å².